The maximum absolute atomic E-state index is 14.9. The minimum atomic E-state index is -0.789. The Balaban J connectivity index is 1.57. The molecule has 3 aliphatic heterocycles. The van der Waals surface area contributed by atoms with Crippen molar-refractivity contribution in [1.29, 1.82) is 0 Å². The first-order valence-corrected chi connectivity index (χ1v) is 18.3. The molecular formula is C35H48BrN3O5S. The van der Waals surface area contributed by atoms with Crippen LogP contribution < -0.4 is 9.64 Å². The maximum Gasteiger partial charge on any atom is 0.247 e. The van der Waals surface area contributed by atoms with E-state index in [-0.39, 0.29) is 52.9 Å². The molecule has 246 valence electrons. The molecule has 8 nitrogen and oxygen atoms in total. The third-order valence-corrected chi connectivity index (χ3v) is 13.4. The minimum absolute atomic E-state index is 0.0455. The van der Waals surface area contributed by atoms with Gasteiger partial charge in [0.1, 0.15) is 11.8 Å². The van der Waals surface area contributed by atoms with Crippen LogP contribution in [0.5, 0.6) is 5.75 Å². The van der Waals surface area contributed by atoms with Gasteiger partial charge in [0.05, 0.1) is 35.8 Å². The van der Waals surface area contributed by atoms with Gasteiger partial charge in [0.2, 0.25) is 17.7 Å². The fourth-order valence-corrected chi connectivity index (χ4v) is 11.8. The molecule has 2 bridgehead atoms. The van der Waals surface area contributed by atoms with Crippen molar-refractivity contribution >= 4 is 51.1 Å². The Kier molecular flexibility index (Phi) is 10.8. The lowest BCUT2D eigenvalue weighted by Crippen LogP contribution is -2.60. The van der Waals surface area contributed by atoms with Crippen molar-refractivity contribution in [2.24, 2.45) is 17.8 Å². The molecule has 4 fully saturated rings. The van der Waals surface area contributed by atoms with Gasteiger partial charge in [-0.25, -0.2) is 0 Å². The van der Waals surface area contributed by atoms with E-state index < -0.39 is 28.7 Å². The van der Waals surface area contributed by atoms with Gasteiger partial charge >= 0.3 is 0 Å². The predicted octanol–water partition coefficient (Wildman–Crippen LogP) is 5.43. The van der Waals surface area contributed by atoms with Crippen LogP contribution in [0.4, 0.5) is 5.69 Å². The van der Waals surface area contributed by atoms with Gasteiger partial charge in [0, 0.05) is 34.9 Å². The molecule has 10 heteroatoms. The lowest BCUT2D eigenvalue weighted by Gasteiger charge is -2.43. The average Bonchev–Trinajstić information content (AvgIpc) is 3.63. The summed E-state index contributed by atoms with van der Waals surface area (Å²) in [4.78, 5) is 49.7. The van der Waals surface area contributed by atoms with Gasteiger partial charge < -0.3 is 24.5 Å². The van der Waals surface area contributed by atoms with Gasteiger partial charge in [-0.1, -0.05) is 61.2 Å². The molecule has 0 radical (unpaired) electrons. The Bertz CT molecular complexity index is 1270. The third kappa shape index (κ3) is 6.00. The number of carbonyl (C=O) groups excluding carboxylic acids is 3. The van der Waals surface area contributed by atoms with Gasteiger partial charge in [-0.2, -0.15) is 0 Å². The Morgan fingerprint density at radius 1 is 1.13 bits per heavy atom. The van der Waals surface area contributed by atoms with Crippen molar-refractivity contribution in [2.45, 2.75) is 92.2 Å². The Morgan fingerprint density at radius 3 is 2.38 bits per heavy atom. The van der Waals surface area contributed by atoms with Gasteiger partial charge in [-0.05, 0) is 56.4 Å². The molecule has 1 N–H and O–H groups in total. The second-order valence-electron chi connectivity index (χ2n) is 13.1. The predicted molar refractivity (Wildman–Crippen MR) is 184 cm³/mol. The van der Waals surface area contributed by atoms with E-state index in [1.165, 1.54) is 0 Å². The number of aliphatic hydroxyl groups excluding tert-OH is 1. The van der Waals surface area contributed by atoms with E-state index in [0.717, 1.165) is 37.9 Å². The Labute approximate surface area is 280 Å². The number of fused-ring (bicyclic) bond motifs is 1. The quantitative estimate of drug-likeness (QED) is 0.218. The van der Waals surface area contributed by atoms with E-state index in [9.17, 15) is 19.5 Å². The number of anilines is 1. The van der Waals surface area contributed by atoms with Crippen LogP contribution in [0, 0.1) is 17.8 Å². The number of halogens is 1. The summed E-state index contributed by atoms with van der Waals surface area (Å²) in [5.74, 6) is -1.09. The summed E-state index contributed by atoms with van der Waals surface area (Å²) in [6.45, 7) is 14.7. The van der Waals surface area contributed by atoms with Crippen molar-refractivity contribution in [2.75, 3.05) is 31.2 Å². The molecule has 1 aromatic carbocycles. The highest BCUT2D eigenvalue weighted by Crippen LogP contribution is 2.68. The van der Waals surface area contributed by atoms with Crippen LogP contribution in [0.1, 0.15) is 59.3 Å². The zero-order valence-electron chi connectivity index (χ0n) is 26.8. The SMILES string of the molecule is C=CCN(C(=O)[C@H]1[C@H]2C(=O)N([C@@H](CO)C(C)C)C(C(=O)N(CC=C)C3CCCCC3)C23CC(Br)[C@@H]1S3)c1ccc(OCC)cc1. The van der Waals surface area contributed by atoms with Crippen molar-refractivity contribution in [1.82, 2.24) is 9.80 Å². The lowest BCUT2D eigenvalue weighted by atomic mass is 9.70. The number of amides is 3. The van der Waals surface area contributed by atoms with E-state index in [1.54, 1.807) is 33.7 Å². The van der Waals surface area contributed by atoms with Crippen LogP contribution in [0.2, 0.25) is 0 Å². The summed E-state index contributed by atoms with van der Waals surface area (Å²) < 4.78 is 4.83. The summed E-state index contributed by atoms with van der Waals surface area (Å²) in [5, 5.41) is 10.5. The monoisotopic (exact) mass is 701 g/mol. The number of thioether (sulfide) groups is 1. The number of ether oxygens (including phenoxy) is 1. The molecular weight excluding hydrogens is 654 g/mol. The van der Waals surface area contributed by atoms with Crippen LogP contribution in [0.3, 0.4) is 0 Å². The molecule has 3 unspecified atom stereocenters. The number of hydrogen-bond acceptors (Lipinski definition) is 6. The number of likely N-dealkylation sites (tertiary alicyclic amines) is 1. The smallest absolute Gasteiger partial charge is 0.247 e. The van der Waals surface area contributed by atoms with Crippen LogP contribution in [0.25, 0.3) is 0 Å². The number of benzene rings is 1. The molecule has 7 atom stereocenters. The fraction of sp³-hybridized carbons (Fsp3) is 0.629. The van der Waals surface area contributed by atoms with Crippen molar-refractivity contribution in [3.63, 3.8) is 0 Å². The molecule has 5 rings (SSSR count). The summed E-state index contributed by atoms with van der Waals surface area (Å²) in [5.41, 5.74) is 0.705. The zero-order chi connectivity index (χ0) is 32.5. The summed E-state index contributed by atoms with van der Waals surface area (Å²) in [6, 6.07) is 6.19. The Morgan fingerprint density at radius 2 is 1.80 bits per heavy atom. The van der Waals surface area contributed by atoms with Crippen LogP contribution >= 0.6 is 27.7 Å². The summed E-state index contributed by atoms with van der Waals surface area (Å²) >= 11 is 5.54. The summed E-state index contributed by atoms with van der Waals surface area (Å²) in [6.07, 6.45) is 9.23. The van der Waals surface area contributed by atoms with E-state index in [0.29, 0.717) is 25.3 Å². The van der Waals surface area contributed by atoms with Crippen LogP contribution in [-0.4, -0.2) is 91.9 Å². The normalized spacial score (nSPS) is 29.9. The van der Waals surface area contributed by atoms with Crippen molar-refractivity contribution in [3.05, 3.63) is 49.6 Å². The first-order chi connectivity index (χ1) is 21.6. The largest absolute Gasteiger partial charge is 0.494 e. The molecule has 1 spiro atoms. The highest BCUT2D eigenvalue weighted by atomic mass is 79.9. The molecule has 1 saturated carbocycles. The fourth-order valence-electron chi connectivity index (χ4n) is 8.23. The zero-order valence-corrected chi connectivity index (χ0v) is 29.2. The molecule has 1 aromatic rings. The van der Waals surface area contributed by atoms with E-state index in [1.807, 2.05) is 49.9 Å². The molecule has 45 heavy (non-hydrogen) atoms. The number of alkyl halides is 1. The molecule has 4 aliphatic rings. The van der Waals surface area contributed by atoms with Crippen LogP contribution in [-0.2, 0) is 14.4 Å². The van der Waals surface area contributed by atoms with Gasteiger partial charge in [0.25, 0.3) is 0 Å². The van der Waals surface area contributed by atoms with Crippen molar-refractivity contribution in [3.8, 4) is 5.75 Å². The number of nitrogens with zero attached hydrogens (tertiary/aromatic N) is 3. The minimum Gasteiger partial charge on any atom is -0.494 e. The van der Waals surface area contributed by atoms with E-state index in [2.05, 4.69) is 29.1 Å². The first-order valence-electron chi connectivity index (χ1n) is 16.5. The second-order valence-corrected chi connectivity index (χ2v) is 15.9. The standard InChI is InChI=1S/C35H48BrN3O5S/c1-6-18-37(24-14-16-25(17-15-24)44-8-3)32(41)28-29-33(42)39(27(21-40)22(4)5)31(35(29)20-26(36)30(28)45-35)34(43)38(19-7-2)23-12-10-9-11-13-23/h6-7,14-17,22-23,26-31,40H,1-2,8-13,18-21H2,3-5H3/t26?,27-,28-,29-,30-,31?,35?/m0/s1. The topological polar surface area (TPSA) is 90.4 Å². The molecule has 3 heterocycles. The number of aliphatic hydroxyl groups is 1. The highest BCUT2D eigenvalue weighted by Gasteiger charge is 2.76. The van der Waals surface area contributed by atoms with E-state index >= 15 is 0 Å². The first kappa shape index (κ1) is 34.0. The Hall–Kier alpha value is -2.30. The number of carbonyl (C=O) groups is 3. The van der Waals surface area contributed by atoms with Crippen molar-refractivity contribution < 1.29 is 24.2 Å². The van der Waals surface area contributed by atoms with Crippen LogP contribution in [0.15, 0.2) is 49.6 Å². The molecule has 0 aromatic heterocycles. The molecule has 1 aliphatic carbocycles. The average molecular weight is 703 g/mol. The second kappa shape index (κ2) is 14.2. The molecule has 3 saturated heterocycles. The number of rotatable bonds is 13. The summed E-state index contributed by atoms with van der Waals surface area (Å²) in [7, 11) is 0. The van der Waals surface area contributed by atoms with Gasteiger partial charge in [0.15, 0.2) is 0 Å². The van der Waals surface area contributed by atoms with Gasteiger partial charge in [-0.3, -0.25) is 14.4 Å². The molecule has 3 amide bonds. The van der Waals surface area contributed by atoms with Gasteiger partial charge in [-0.15, -0.1) is 24.9 Å². The highest BCUT2D eigenvalue weighted by molar-refractivity contribution is 9.09. The van der Waals surface area contributed by atoms with E-state index in [4.69, 9.17) is 4.74 Å². The maximum atomic E-state index is 14.9. The lowest BCUT2D eigenvalue weighted by molar-refractivity contribution is -0.148. The number of hydrogen-bond donors (Lipinski definition) is 1. The third-order valence-electron chi connectivity index (χ3n) is 10.2.